The molecule has 0 aliphatic heterocycles. The molecule has 0 N–H and O–H groups in total. The average Bonchev–Trinajstić information content (AvgIpc) is 2.87. The molecule has 0 radical (unpaired) electrons. The van der Waals surface area contributed by atoms with Gasteiger partial charge in [0.25, 0.3) is 0 Å². The summed E-state index contributed by atoms with van der Waals surface area (Å²) in [7, 11) is 0. The van der Waals surface area contributed by atoms with Crippen molar-refractivity contribution in [3.63, 3.8) is 0 Å². The van der Waals surface area contributed by atoms with Crippen LogP contribution in [0.4, 0.5) is 0 Å². The van der Waals surface area contributed by atoms with Crippen molar-refractivity contribution in [2.75, 3.05) is 6.61 Å². The van der Waals surface area contributed by atoms with E-state index in [1.165, 1.54) is 38.5 Å². The largest absolute Gasteiger partial charge is 0.462 e. The smallest absolute Gasteiger partial charge is 0.341 e. The van der Waals surface area contributed by atoms with Crippen LogP contribution in [-0.2, 0) is 11.3 Å². The van der Waals surface area contributed by atoms with Gasteiger partial charge in [-0.1, -0.05) is 45.4 Å². The molecule has 0 unspecified atom stereocenters. The minimum Gasteiger partial charge on any atom is -0.462 e. The third-order valence-electron chi connectivity index (χ3n) is 3.14. The highest BCUT2D eigenvalue weighted by Gasteiger charge is 2.08. The Kier molecular flexibility index (Phi) is 7.94. The van der Waals surface area contributed by atoms with Gasteiger partial charge in [0.2, 0.25) is 0 Å². The first-order chi connectivity index (χ1) is 9.27. The first kappa shape index (κ1) is 15.7. The number of esters is 1. The summed E-state index contributed by atoms with van der Waals surface area (Å²) in [6, 6.07) is 0. The molecule has 0 fully saturated rings. The van der Waals surface area contributed by atoms with Crippen molar-refractivity contribution in [3.05, 3.63) is 18.0 Å². The van der Waals surface area contributed by atoms with Crippen LogP contribution in [0.25, 0.3) is 0 Å². The summed E-state index contributed by atoms with van der Waals surface area (Å²) in [5.74, 6) is -0.284. The Balaban J connectivity index is 2.14. The molecule has 4 heteroatoms. The number of carbonyl (C=O) groups excluding carboxylic acids is 1. The topological polar surface area (TPSA) is 44.1 Å². The fraction of sp³-hybridized carbons (Fsp3) is 0.733. The molecule has 0 aliphatic rings. The SMILES string of the molecule is CCCCCCCCCn1cc(C(=O)OCC)cn1. The molecule has 1 heterocycles. The van der Waals surface area contributed by atoms with Crippen LogP contribution in [-0.4, -0.2) is 22.4 Å². The van der Waals surface area contributed by atoms with Crippen LogP contribution in [0.1, 0.15) is 69.2 Å². The highest BCUT2D eigenvalue weighted by molar-refractivity contribution is 5.88. The highest BCUT2D eigenvalue weighted by Crippen LogP contribution is 2.08. The lowest BCUT2D eigenvalue weighted by Crippen LogP contribution is -2.03. The van der Waals surface area contributed by atoms with Crippen molar-refractivity contribution in [3.8, 4) is 0 Å². The van der Waals surface area contributed by atoms with E-state index < -0.39 is 0 Å². The Morgan fingerprint density at radius 1 is 1.16 bits per heavy atom. The van der Waals surface area contributed by atoms with Gasteiger partial charge in [-0.3, -0.25) is 4.68 Å². The van der Waals surface area contributed by atoms with E-state index in [1.807, 2.05) is 4.68 Å². The maximum absolute atomic E-state index is 11.5. The minimum atomic E-state index is -0.284. The first-order valence-corrected chi connectivity index (χ1v) is 7.47. The lowest BCUT2D eigenvalue weighted by atomic mass is 10.1. The molecule has 108 valence electrons. The van der Waals surface area contributed by atoms with E-state index in [2.05, 4.69) is 12.0 Å². The molecule has 0 spiro atoms. The molecule has 0 amide bonds. The summed E-state index contributed by atoms with van der Waals surface area (Å²) in [6.45, 7) is 5.33. The van der Waals surface area contributed by atoms with Crippen molar-refractivity contribution in [1.82, 2.24) is 9.78 Å². The first-order valence-electron chi connectivity index (χ1n) is 7.47. The molecule has 19 heavy (non-hydrogen) atoms. The van der Waals surface area contributed by atoms with Crippen LogP contribution in [0, 0.1) is 0 Å². The zero-order valence-corrected chi connectivity index (χ0v) is 12.2. The van der Waals surface area contributed by atoms with Gasteiger partial charge in [-0.15, -0.1) is 0 Å². The van der Waals surface area contributed by atoms with Gasteiger partial charge in [-0.05, 0) is 13.3 Å². The van der Waals surface area contributed by atoms with E-state index in [9.17, 15) is 4.79 Å². The molecule has 0 saturated carbocycles. The number of nitrogens with zero attached hydrogens (tertiary/aromatic N) is 2. The molecule has 0 saturated heterocycles. The summed E-state index contributed by atoms with van der Waals surface area (Å²) in [6.07, 6.45) is 12.3. The Labute approximate surface area is 116 Å². The molecular formula is C15H26N2O2. The number of unbranched alkanes of at least 4 members (excludes halogenated alkanes) is 6. The summed E-state index contributed by atoms with van der Waals surface area (Å²) < 4.78 is 6.76. The van der Waals surface area contributed by atoms with E-state index in [4.69, 9.17) is 4.74 Å². The fourth-order valence-electron chi connectivity index (χ4n) is 2.04. The predicted molar refractivity (Wildman–Crippen MR) is 76.2 cm³/mol. The van der Waals surface area contributed by atoms with Crippen LogP contribution in [0.3, 0.4) is 0 Å². The maximum atomic E-state index is 11.5. The molecule has 0 aliphatic carbocycles. The second kappa shape index (κ2) is 9.59. The molecule has 1 aromatic heterocycles. The molecular weight excluding hydrogens is 240 g/mol. The van der Waals surface area contributed by atoms with Crippen molar-refractivity contribution in [1.29, 1.82) is 0 Å². The van der Waals surface area contributed by atoms with E-state index in [1.54, 1.807) is 19.3 Å². The second-order valence-corrected chi connectivity index (χ2v) is 4.83. The third-order valence-corrected chi connectivity index (χ3v) is 3.14. The van der Waals surface area contributed by atoms with Crippen LogP contribution in [0.2, 0.25) is 0 Å². The summed E-state index contributed by atoms with van der Waals surface area (Å²) in [5, 5.41) is 4.18. The van der Waals surface area contributed by atoms with Gasteiger partial charge >= 0.3 is 5.97 Å². The van der Waals surface area contributed by atoms with Gasteiger partial charge in [0, 0.05) is 12.7 Å². The number of hydrogen-bond acceptors (Lipinski definition) is 3. The molecule has 1 aromatic rings. The molecule has 0 bridgehead atoms. The van der Waals surface area contributed by atoms with Crippen LogP contribution < -0.4 is 0 Å². The minimum absolute atomic E-state index is 0.284. The molecule has 1 rings (SSSR count). The molecule has 4 nitrogen and oxygen atoms in total. The number of ether oxygens (including phenoxy) is 1. The summed E-state index contributed by atoms with van der Waals surface area (Å²) >= 11 is 0. The van der Waals surface area contributed by atoms with E-state index in [0.717, 1.165) is 13.0 Å². The fourth-order valence-corrected chi connectivity index (χ4v) is 2.04. The quantitative estimate of drug-likeness (QED) is 0.478. The van der Waals surface area contributed by atoms with Gasteiger partial charge in [0.05, 0.1) is 18.4 Å². The standard InChI is InChI=1S/C15H26N2O2/c1-3-5-6-7-8-9-10-11-17-13-14(12-16-17)15(18)19-4-2/h12-13H,3-11H2,1-2H3. The van der Waals surface area contributed by atoms with Crippen molar-refractivity contribution in [2.24, 2.45) is 0 Å². The van der Waals surface area contributed by atoms with E-state index in [0.29, 0.717) is 12.2 Å². The Morgan fingerprint density at radius 3 is 2.53 bits per heavy atom. The number of rotatable bonds is 10. The summed E-state index contributed by atoms with van der Waals surface area (Å²) in [4.78, 5) is 11.5. The number of aromatic nitrogens is 2. The number of aryl methyl sites for hydroxylation is 1. The monoisotopic (exact) mass is 266 g/mol. The second-order valence-electron chi connectivity index (χ2n) is 4.83. The van der Waals surface area contributed by atoms with Gasteiger partial charge in [0.15, 0.2) is 0 Å². The van der Waals surface area contributed by atoms with Crippen LogP contribution in [0.15, 0.2) is 12.4 Å². The van der Waals surface area contributed by atoms with Crippen LogP contribution >= 0.6 is 0 Å². The number of hydrogen-bond donors (Lipinski definition) is 0. The average molecular weight is 266 g/mol. The van der Waals surface area contributed by atoms with Crippen molar-refractivity contribution < 1.29 is 9.53 Å². The van der Waals surface area contributed by atoms with Gasteiger partial charge in [-0.2, -0.15) is 5.10 Å². The number of carbonyl (C=O) groups is 1. The Hall–Kier alpha value is -1.32. The van der Waals surface area contributed by atoms with Gasteiger partial charge in [-0.25, -0.2) is 4.79 Å². The Bertz CT molecular complexity index is 361. The molecule has 0 atom stereocenters. The van der Waals surface area contributed by atoms with Crippen LogP contribution in [0.5, 0.6) is 0 Å². The van der Waals surface area contributed by atoms with Crippen molar-refractivity contribution in [2.45, 2.75) is 65.3 Å². The normalized spacial score (nSPS) is 10.6. The Morgan fingerprint density at radius 2 is 1.84 bits per heavy atom. The zero-order chi connectivity index (χ0) is 13.9. The van der Waals surface area contributed by atoms with Gasteiger partial charge in [0.1, 0.15) is 0 Å². The lowest BCUT2D eigenvalue weighted by Gasteiger charge is -2.02. The van der Waals surface area contributed by atoms with Gasteiger partial charge < -0.3 is 4.74 Å². The van der Waals surface area contributed by atoms with E-state index >= 15 is 0 Å². The summed E-state index contributed by atoms with van der Waals surface area (Å²) in [5.41, 5.74) is 0.546. The predicted octanol–water partition coefficient (Wildman–Crippen LogP) is 3.81. The maximum Gasteiger partial charge on any atom is 0.341 e. The van der Waals surface area contributed by atoms with Crippen molar-refractivity contribution >= 4 is 5.97 Å². The zero-order valence-electron chi connectivity index (χ0n) is 12.2. The molecule has 0 aromatic carbocycles. The van der Waals surface area contributed by atoms with E-state index in [-0.39, 0.29) is 5.97 Å². The lowest BCUT2D eigenvalue weighted by molar-refractivity contribution is 0.0526. The third kappa shape index (κ3) is 6.41. The highest BCUT2D eigenvalue weighted by atomic mass is 16.5.